The van der Waals surface area contributed by atoms with Crippen LogP contribution >= 0.6 is 23.4 Å². The lowest BCUT2D eigenvalue weighted by molar-refractivity contribution is -0.123. The molecule has 2 heterocycles. The second-order valence-electron chi connectivity index (χ2n) is 8.86. The number of pyridine rings is 1. The number of aryl methyl sites for hydroxylation is 1. The summed E-state index contributed by atoms with van der Waals surface area (Å²) in [5, 5.41) is 20.7. The lowest BCUT2D eigenvalue weighted by Crippen LogP contribution is -2.57. The SMILES string of the molecule is Cc1cncc(-c2ccc(N3C(=O)[C@H](SC[C@H](O)c4ccc(Cl)cc4)[C@H]3c3ccc(O)cc3)cc2)c1. The summed E-state index contributed by atoms with van der Waals surface area (Å²) < 4.78 is 0. The maximum Gasteiger partial charge on any atom is 0.243 e. The monoisotopic (exact) mass is 516 g/mol. The molecule has 1 aliphatic heterocycles. The molecule has 3 aromatic carbocycles. The van der Waals surface area contributed by atoms with Crippen LogP contribution in [0.5, 0.6) is 5.75 Å². The number of phenols is 1. The minimum absolute atomic E-state index is 0.00801. The summed E-state index contributed by atoms with van der Waals surface area (Å²) in [5.74, 6) is 0.542. The number of benzene rings is 3. The van der Waals surface area contributed by atoms with E-state index in [4.69, 9.17) is 11.6 Å². The highest BCUT2D eigenvalue weighted by Crippen LogP contribution is 2.46. The number of halogens is 1. The van der Waals surface area contributed by atoms with E-state index in [1.807, 2.05) is 55.7 Å². The van der Waals surface area contributed by atoms with Crippen molar-refractivity contribution in [2.45, 2.75) is 24.3 Å². The van der Waals surface area contributed by atoms with Crippen molar-refractivity contribution in [3.8, 4) is 16.9 Å². The molecule has 0 saturated carbocycles. The van der Waals surface area contributed by atoms with Crippen molar-refractivity contribution in [2.75, 3.05) is 10.7 Å². The van der Waals surface area contributed by atoms with Crippen LogP contribution in [0.3, 0.4) is 0 Å². The highest BCUT2D eigenvalue weighted by atomic mass is 35.5. The lowest BCUT2D eigenvalue weighted by atomic mass is 9.92. The van der Waals surface area contributed by atoms with Gasteiger partial charge in [0.2, 0.25) is 5.91 Å². The van der Waals surface area contributed by atoms with E-state index in [-0.39, 0.29) is 22.9 Å². The minimum atomic E-state index is -0.711. The smallest absolute Gasteiger partial charge is 0.243 e. The van der Waals surface area contributed by atoms with Gasteiger partial charge in [-0.1, -0.05) is 48.0 Å². The highest BCUT2D eigenvalue weighted by molar-refractivity contribution is 8.00. The van der Waals surface area contributed by atoms with Gasteiger partial charge in [-0.3, -0.25) is 9.78 Å². The average Bonchev–Trinajstić information content (AvgIpc) is 2.88. The number of aliphatic hydroxyl groups is 1. The number of aliphatic hydroxyl groups excluding tert-OH is 1. The Balaban J connectivity index is 1.37. The molecule has 0 radical (unpaired) electrons. The Hall–Kier alpha value is -3.32. The molecule has 0 spiro atoms. The number of aromatic nitrogens is 1. The number of amides is 1. The van der Waals surface area contributed by atoms with Gasteiger partial charge in [0.1, 0.15) is 11.0 Å². The number of β-lactam (4-membered cyclic amide) rings is 1. The molecule has 36 heavy (non-hydrogen) atoms. The Morgan fingerprint density at radius 1 is 0.972 bits per heavy atom. The first kappa shape index (κ1) is 24.4. The number of anilines is 1. The highest BCUT2D eigenvalue weighted by Gasteiger charge is 2.49. The minimum Gasteiger partial charge on any atom is -0.508 e. The second kappa shape index (κ2) is 10.3. The third-order valence-electron chi connectivity index (χ3n) is 6.32. The van der Waals surface area contributed by atoms with Crippen LogP contribution in [0.1, 0.15) is 28.8 Å². The zero-order valence-corrected chi connectivity index (χ0v) is 21.2. The third kappa shape index (κ3) is 4.98. The van der Waals surface area contributed by atoms with Crippen LogP contribution in [0, 0.1) is 6.92 Å². The molecule has 182 valence electrons. The molecular formula is C29H25ClN2O3S. The van der Waals surface area contributed by atoms with Gasteiger partial charge in [-0.15, -0.1) is 11.8 Å². The fourth-order valence-electron chi connectivity index (χ4n) is 4.41. The molecular weight excluding hydrogens is 492 g/mol. The van der Waals surface area contributed by atoms with E-state index in [9.17, 15) is 15.0 Å². The molecule has 1 aromatic heterocycles. The van der Waals surface area contributed by atoms with Crippen molar-refractivity contribution >= 4 is 35.0 Å². The predicted molar refractivity (Wildman–Crippen MR) is 145 cm³/mol. The number of phenolic OH excluding ortho intramolecular Hbond substituents is 1. The van der Waals surface area contributed by atoms with E-state index in [2.05, 4.69) is 11.1 Å². The summed E-state index contributed by atoms with van der Waals surface area (Å²) in [6.07, 6.45) is 2.94. The molecule has 5 nitrogen and oxygen atoms in total. The second-order valence-corrected chi connectivity index (χ2v) is 10.5. The van der Waals surface area contributed by atoms with E-state index < -0.39 is 6.10 Å². The van der Waals surface area contributed by atoms with Crippen LogP contribution in [0.15, 0.2) is 91.3 Å². The predicted octanol–water partition coefficient (Wildman–Crippen LogP) is 6.34. The summed E-state index contributed by atoms with van der Waals surface area (Å²) in [6, 6.07) is 23.8. The van der Waals surface area contributed by atoms with Gasteiger partial charge in [0.25, 0.3) is 0 Å². The van der Waals surface area contributed by atoms with E-state index in [1.165, 1.54) is 11.8 Å². The molecule has 0 bridgehead atoms. The van der Waals surface area contributed by atoms with Gasteiger partial charge < -0.3 is 15.1 Å². The van der Waals surface area contributed by atoms with Crippen LogP contribution < -0.4 is 4.90 Å². The zero-order chi connectivity index (χ0) is 25.2. The van der Waals surface area contributed by atoms with Crippen molar-refractivity contribution in [1.29, 1.82) is 0 Å². The first-order valence-electron chi connectivity index (χ1n) is 11.6. The normalized spacial score (nSPS) is 18.1. The summed E-state index contributed by atoms with van der Waals surface area (Å²) >= 11 is 7.40. The van der Waals surface area contributed by atoms with Crippen molar-refractivity contribution in [3.05, 3.63) is 113 Å². The molecule has 1 saturated heterocycles. The van der Waals surface area contributed by atoms with Gasteiger partial charge in [-0.2, -0.15) is 0 Å². The van der Waals surface area contributed by atoms with Gasteiger partial charge in [0, 0.05) is 34.4 Å². The number of hydrogen-bond acceptors (Lipinski definition) is 5. The summed E-state index contributed by atoms with van der Waals surface area (Å²) in [7, 11) is 0. The Morgan fingerprint density at radius 3 is 2.33 bits per heavy atom. The van der Waals surface area contributed by atoms with Gasteiger partial charge >= 0.3 is 0 Å². The molecule has 0 aliphatic carbocycles. The summed E-state index contributed by atoms with van der Waals surface area (Å²) in [5.41, 5.74) is 5.63. The fourth-order valence-corrected chi connectivity index (χ4v) is 5.84. The van der Waals surface area contributed by atoms with Crippen molar-refractivity contribution in [2.24, 2.45) is 0 Å². The number of aromatic hydroxyl groups is 1. The summed E-state index contributed by atoms with van der Waals surface area (Å²) in [6.45, 7) is 2.01. The summed E-state index contributed by atoms with van der Waals surface area (Å²) in [4.78, 5) is 19.4. The molecule has 4 aromatic rings. The maximum atomic E-state index is 13.4. The molecule has 1 amide bonds. The lowest BCUT2D eigenvalue weighted by Gasteiger charge is -2.47. The molecule has 5 rings (SSSR count). The Kier molecular flexibility index (Phi) is 7.01. The quantitative estimate of drug-likeness (QED) is 0.280. The van der Waals surface area contributed by atoms with Crippen molar-refractivity contribution in [3.63, 3.8) is 0 Å². The number of rotatable bonds is 7. The van der Waals surface area contributed by atoms with Crippen LogP contribution in [0.2, 0.25) is 5.02 Å². The van der Waals surface area contributed by atoms with Gasteiger partial charge in [0.05, 0.1) is 12.1 Å². The van der Waals surface area contributed by atoms with Gasteiger partial charge in [0.15, 0.2) is 0 Å². The maximum absolute atomic E-state index is 13.4. The van der Waals surface area contributed by atoms with Crippen LogP contribution in [0.4, 0.5) is 5.69 Å². The molecule has 7 heteroatoms. The first-order chi connectivity index (χ1) is 17.4. The fraction of sp³-hybridized carbons (Fsp3) is 0.172. The molecule has 2 N–H and O–H groups in total. The number of hydrogen-bond donors (Lipinski definition) is 2. The van der Waals surface area contributed by atoms with E-state index in [0.29, 0.717) is 10.8 Å². The standard InChI is InChI=1S/C29H25ClN2O3S/c1-18-14-22(16-31-15-18)19-4-10-24(11-5-19)32-27(21-6-12-25(33)13-7-21)28(29(32)35)36-17-26(34)20-2-8-23(30)9-3-20/h2-16,26-28,33-34H,17H2,1H3/t26-,27+,28+/m0/s1. The van der Waals surface area contributed by atoms with Gasteiger partial charge in [-0.05, 0) is 71.6 Å². The topological polar surface area (TPSA) is 73.7 Å². The molecule has 0 unspecified atom stereocenters. The Labute approximate surface area is 219 Å². The Bertz CT molecular complexity index is 1360. The molecule has 1 aliphatic rings. The number of carbonyl (C=O) groups excluding carboxylic acids is 1. The van der Waals surface area contributed by atoms with Crippen LogP contribution in [0.25, 0.3) is 11.1 Å². The number of carbonyl (C=O) groups is 1. The largest absolute Gasteiger partial charge is 0.508 e. The molecule has 1 fully saturated rings. The average molecular weight is 517 g/mol. The Morgan fingerprint density at radius 2 is 1.67 bits per heavy atom. The molecule has 3 atom stereocenters. The third-order valence-corrected chi connectivity index (χ3v) is 7.90. The van der Waals surface area contributed by atoms with Crippen LogP contribution in [-0.2, 0) is 4.79 Å². The van der Waals surface area contributed by atoms with Crippen molar-refractivity contribution < 1.29 is 15.0 Å². The van der Waals surface area contributed by atoms with Gasteiger partial charge in [-0.25, -0.2) is 0 Å². The number of nitrogens with zero attached hydrogens (tertiary/aromatic N) is 2. The van der Waals surface area contributed by atoms with Crippen molar-refractivity contribution in [1.82, 2.24) is 4.98 Å². The van der Waals surface area contributed by atoms with E-state index >= 15 is 0 Å². The van der Waals surface area contributed by atoms with Crippen LogP contribution in [-0.4, -0.2) is 32.1 Å². The van der Waals surface area contributed by atoms with E-state index in [0.717, 1.165) is 33.5 Å². The van der Waals surface area contributed by atoms with E-state index in [1.54, 1.807) is 41.3 Å². The number of thioether (sulfide) groups is 1. The first-order valence-corrected chi connectivity index (χ1v) is 13.0. The zero-order valence-electron chi connectivity index (χ0n) is 19.6.